The van der Waals surface area contributed by atoms with E-state index in [0.717, 1.165) is 23.2 Å². The number of nitrogen functional groups attached to an aromatic ring is 1. The lowest BCUT2D eigenvalue weighted by molar-refractivity contribution is 0.0506. The van der Waals surface area contributed by atoms with Crippen LogP contribution in [0.25, 0.3) is 0 Å². The summed E-state index contributed by atoms with van der Waals surface area (Å²) < 4.78 is 5.22. The van der Waals surface area contributed by atoms with Crippen molar-refractivity contribution in [1.82, 2.24) is 0 Å². The van der Waals surface area contributed by atoms with Gasteiger partial charge in [-0.3, -0.25) is 0 Å². The lowest BCUT2D eigenvalue weighted by atomic mass is 10.1. The maximum absolute atomic E-state index is 12.2. The van der Waals surface area contributed by atoms with Gasteiger partial charge in [0.2, 0.25) is 0 Å². The number of ether oxygens (including phenoxy) is 1. The van der Waals surface area contributed by atoms with E-state index in [0.29, 0.717) is 23.5 Å². The highest BCUT2D eigenvalue weighted by Gasteiger charge is 2.13. The van der Waals surface area contributed by atoms with Gasteiger partial charge in [0.05, 0.1) is 17.9 Å². The van der Waals surface area contributed by atoms with Crippen molar-refractivity contribution in [3.8, 4) is 0 Å². The molecule has 3 N–H and O–H groups in total. The first-order chi connectivity index (χ1) is 10.5. The van der Waals surface area contributed by atoms with Crippen molar-refractivity contribution in [2.45, 2.75) is 27.2 Å². The van der Waals surface area contributed by atoms with Crippen molar-refractivity contribution in [2.24, 2.45) is 0 Å². The number of esters is 1. The number of rotatable bonds is 5. The van der Waals surface area contributed by atoms with Gasteiger partial charge in [0, 0.05) is 11.4 Å². The number of carbonyl (C=O) groups excluding carboxylic acids is 1. The highest BCUT2D eigenvalue weighted by molar-refractivity contribution is 5.97. The minimum Gasteiger partial charge on any atom is -0.462 e. The predicted octanol–water partition coefficient (Wildman–Crippen LogP) is 4.20. The van der Waals surface area contributed by atoms with Crippen LogP contribution in [0.2, 0.25) is 0 Å². The molecule has 0 saturated heterocycles. The molecule has 0 aromatic heterocycles. The Bertz CT molecular complexity index is 661. The number of nitrogens with two attached hydrogens (primary N) is 1. The quantitative estimate of drug-likeness (QED) is 0.641. The minimum atomic E-state index is -0.360. The molecule has 2 aromatic carbocycles. The molecule has 0 radical (unpaired) electrons. The predicted molar refractivity (Wildman–Crippen MR) is 90.6 cm³/mol. The van der Waals surface area contributed by atoms with Crippen LogP contribution in [-0.4, -0.2) is 12.6 Å². The molecule has 2 rings (SSSR count). The Hall–Kier alpha value is -2.49. The van der Waals surface area contributed by atoms with Crippen LogP contribution in [0.5, 0.6) is 0 Å². The van der Waals surface area contributed by atoms with Crippen LogP contribution >= 0.6 is 0 Å². The van der Waals surface area contributed by atoms with E-state index < -0.39 is 0 Å². The summed E-state index contributed by atoms with van der Waals surface area (Å²) >= 11 is 0. The van der Waals surface area contributed by atoms with Crippen LogP contribution in [-0.2, 0) is 4.74 Å². The van der Waals surface area contributed by atoms with Gasteiger partial charge in [0.25, 0.3) is 0 Å². The molecule has 0 aliphatic heterocycles. The summed E-state index contributed by atoms with van der Waals surface area (Å²) in [6.45, 7) is 6.44. The zero-order valence-electron chi connectivity index (χ0n) is 13.3. The van der Waals surface area contributed by atoms with Crippen LogP contribution in [0.1, 0.15) is 34.8 Å². The molecule has 4 heteroatoms. The zero-order chi connectivity index (χ0) is 16.1. The molecule has 0 amide bonds. The molecule has 0 aliphatic carbocycles. The van der Waals surface area contributed by atoms with Crippen molar-refractivity contribution in [2.75, 3.05) is 17.7 Å². The van der Waals surface area contributed by atoms with Gasteiger partial charge in [0.15, 0.2) is 0 Å². The summed E-state index contributed by atoms with van der Waals surface area (Å²) in [7, 11) is 0. The Morgan fingerprint density at radius 2 is 1.82 bits per heavy atom. The Morgan fingerprint density at radius 3 is 2.45 bits per heavy atom. The minimum absolute atomic E-state index is 0.360. The third kappa shape index (κ3) is 4.01. The third-order valence-electron chi connectivity index (χ3n) is 3.20. The SMILES string of the molecule is CCCOC(=O)c1cc(N)ccc1Nc1cc(C)cc(C)c1. The van der Waals surface area contributed by atoms with Gasteiger partial charge in [-0.2, -0.15) is 0 Å². The maximum Gasteiger partial charge on any atom is 0.340 e. The van der Waals surface area contributed by atoms with Gasteiger partial charge in [-0.05, 0) is 61.7 Å². The molecule has 4 nitrogen and oxygen atoms in total. The van der Waals surface area contributed by atoms with Crippen LogP contribution in [0, 0.1) is 13.8 Å². The standard InChI is InChI=1S/C18H22N2O2/c1-4-7-22-18(21)16-11-14(19)5-6-17(16)20-15-9-12(2)8-13(3)10-15/h5-6,8-11,20H,4,7,19H2,1-3H3. The Labute approximate surface area is 131 Å². The van der Waals surface area contributed by atoms with Crippen molar-refractivity contribution >= 4 is 23.0 Å². The summed E-state index contributed by atoms with van der Waals surface area (Å²) in [5, 5.41) is 3.28. The first-order valence-electron chi connectivity index (χ1n) is 7.41. The molecule has 0 atom stereocenters. The molecular weight excluding hydrogens is 276 g/mol. The molecule has 0 aliphatic rings. The van der Waals surface area contributed by atoms with E-state index >= 15 is 0 Å². The Balaban J connectivity index is 2.32. The van der Waals surface area contributed by atoms with Gasteiger partial charge < -0.3 is 15.8 Å². The average Bonchev–Trinajstić information content (AvgIpc) is 2.45. The van der Waals surface area contributed by atoms with E-state index in [-0.39, 0.29) is 5.97 Å². The van der Waals surface area contributed by atoms with E-state index in [9.17, 15) is 4.79 Å². The molecule has 0 fully saturated rings. The van der Waals surface area contributed by atoms with Gasteiger partial charge in [-0.1, -0.05) is 13.0 Å². The Morgan fingerprint density at radius 1 is 1.14 bits per heavy atom. The zero-order valence-corrected chi connectivity index (χ0v) is 13.3. The lowest BCUT2D eigenvalue weighted by Gasteiger charge is -2.13. The normalized spacial score (nSPS) is 10.3. The van der Waals surface area contributed by atoms with E-state index in [1.165, 1.54) is 0 Å². The highest BCUT2D eigenvalue weighted by Crippen LogP contribution is 2.25. The van der Waals surface area contributed by atoms with Crippen LogP contribution in [0.15, 0.2) is 36.4 Å². The number of hydrogen-bond acceptors (Lipinski definition) is 4. The summed E-state index contributed by atoms with van der Waals surface area (Å²) in [5.74, 6) is -0.360. The van der Waals surface area contributed by atoms with Gasteiger partial charge in [-0.15, -0.1) is 0 Å². The largest absolute Gasteiger partial charge is 0.462 e. The van der Waals surface area contributed by atoms with Gasteiger partial charge in [0.1, 0.15) is 0 Å². The molecule has 0 unspecified atom stereocenters. The van der Waals surface area contributed by atoms with E-state index in [4.69, 9.17) is 10.5 Å². The number of anilines is 3. The van der Waals surface area contributed by atoms with Crippen molar-refractivity contribution in [1.29, 1.82) is 0 Å². The molecule has 0 heterocycles. The van der Waals surface area contributed by atoms with Crippen LogP contribution < -0.4 is 11.1 Å². The van der Waals surface area contributed by atoms with Crippen molar-refractivity contribution in [3.63, 3.8) is 0 Å². The average molecular weight is 298 g/mol. The molecule has 22 heavy (non-hydrogen) atoms. The smallest absolute Gasteiger partial charge is 0.340 e. The number of carbonyl (C=O) groups is 1. The monoisotopic (exact) mass is 298 g/mol. The molecular formula is C18H22N2O2. The molecule has 0 spiro atoms. The molecule has 0 saturated carbocycles. The highest BCUT2D eigenvalue weighted by atomic mass is 16.5. The van der Waals surface area contributed by atoms with E-state index in [1.54, 1.807) is 18.2 Å². The first kappa shape index (κ1) is 15.9. The van der Waals surface area contributed by atoms with Crippen LogP contribution in [0.4, 0.5) is 17.1 Å². The molecule has 2 aromatic rings. The number of benzene rings is 2. The van der Waals surface area contributed by atoms with E-state index in [2.05, 4.69) is 11.4 Å². The fourth-order valence-electron chi connectivity index (χ4n) is 2.31. The summed E-state index contributed by atoms with van der Waals surface area (Å²) in [6, 6.07) is 11.4. The second kappa shape index (κ2) is 6.98. The lowest BCUT2D eigenvalue weighted by Crippen LogP contribution is -2.09. The fourth-order valence-corrected chi connectivity index (χ4v) is 2.31. The van der Waals surface area contributed by atoms with E-state index in [1.807, 2.05) is 32.9 Å². The summed E-state index contributed by atoms with van der Waals surface area (Å²) in [4.78, 5) is 12.2. The second-order valence-corrected chi connectivity index (χ2v) is 5.44. The number of aryl methyl sites for hydroxylation is 2. The van der Waals surface area contributed by atoms with Gasteiger partial charge in [-0.25, -0.2) is 4.79 Å². The van der Waals surface area contributed by atoms with Gasteiger partial charge >= 0.3 is 5.97 Å². The van der Waals surface area contributed by atoms with Crippen molar-refractivity contribution < 1.29 is 9.53 Å². The number of hydrogen-bond donors (Lipinski definition) is 2. The number of nitrogens with one attached hydrogen (secondary N) is 1. The van der Waals surface area contributed by atoms with Crippen LogP contribution in [0.3, 0.4) is 0 Å². The molecule has 0 bridgehead atoms. The summed E-state index contributed by atoms with van der Waals surface area (Å²) in [6.07, 6.45) is 0.786. The molecule has 116 valence electrons. The fraction of sp³-hybridized carbons (Fsp3) is 0.278. The maximum atomic E-state index is 12.2. The van der Waals surface area contributed by atoms with Crippen molar-refractivity contribution in [3.05, 3.63) is 53.1 Å². The topological polar surface area (TPSA) is 64.3 Å². The second-order valence-electron chi connectivity index (χ2n) is 5.44. The Kier molecular flexibility index (Phi) is 5.04. The first-order valence-corrected chi connectivity index (χ1v) is 7.41. The summed E-state index contributed by atoms with van der Waals surface area (Å²) in [5.41, 5.74) is 10.7. The third-order valence-corrected chi connectivity index (χ3v) is 3.20.